The molecule has 2 aromatic carbocycles. The fraction of sp³-hybridized carbons (Fsp3) is 0.167. The summed E-state index contributed by atoms with van der Waals surface area (Å²) in [5, 5.41) is 16.4. The van der Waals surface area contributed by atoms with Crippen molar-refractivity contribution in [1.82, 2.24) is 10.7 Å². The van der Waals surface area contributed by atoms with Gasteiger partial charge in [0, 0.05) is 22.5 Å². The topological polar surface area (TPSA) is 90.8 Å². The van der Waals surface area contributed by atoms with E-state index in [1.165, 1.54) is 12.3 Å². The first-order valence-electron chi connectivity index (χ1n) is 7.81. The standard InChI is InChI=1S/C18H15Br2N3O3/c19-13-7-14(20)15(24)6-11(13)8-22-23-18(26)16-12(9-21-17(16)25)10-4-2-1-3-5-10/h1-8,12,16,24H,9H2,(H,21,25)(H,23,26)/b22-8-. The molecule has 1 saturated heterocycles. The summed E-state index contributed by atoms with van der Waals surface area (Å²) < 4.78 is 1.24. The highest BCUT2D eigenvalue weighted by molar-refractivity contribution is 9.11. The van der Waals surface area contributed by atoms with Crippen LogP contribution < -0.4 is 10.7 Å². The molecule has 1 fully saturated rings. The molecule has 0 aliphatic carbocycles. The Bertz CT molecular complexity index is 871. The predicted octanol–water partition coefficient (Wildman–Crippen LogP) is 2.90. The van der Waals surface area contributed by atoms with E-state index in [1.807, 2.05) is 30.3 Å². The fourth-order valence-electron chi connectivity index (χ4n) is 2.82. The van der Waals surface area contributed by atoms with Crippen molar-refractivity contribution in [3.05, 3.63) is 62.5 Å². The van der Waals surface area contributed by atoms with Crippen LogP contribution in [0.25, 0.3) is 0 Å². The highest BCUT2D eigenvalue weighted by Gasteiger charge is 2.40. The number of hydrogen-bond acceptors (Lipinski definition) is 4. The van der Waals surface area contributed by atoms with Crippen LogP contribution in [0.15, 0.2) is 56.5 Å². The summed E-state index contributed by atoms with van der Waals surface area (Å²) in [6.07, 6.45) is 1.40. The Morgan fingerprint density at radius 3 is 2.69 bits per heavy atom. The van der Waals surface area contributed by atoms with Gasteiger partial charge < -0.3 is 10.4 Å². The number of benzene rings is 2. The van der Waals surface area contributed by atoms with Gasteiger partial charge in [-0.1, -0.05) is 46.3 Å². The zero-order valence-corrected chi connectivity index (χ0v) is 16.6. The third-order valence-corrected chi connectivity index (χ3v) is 5.46. The molecule has 0 spiro atoms. The molecule has 0 radical (unpaired) electrons. The monoisotopic (exact) mass is 479 g/mol. The number of halogens is 2. The lowest BCUT2D eigenvalue weighted by atomic mass is 9.88. The molecule has 3 rings (SSSR count). The number of carbonyl (C=O) groups is 2. The summed E-state index contributed by atoms with van der Waals surface area (Å²) in [4.78, 5) is 24.6. The minimum Gasteiger partial charge on any atom is -0.507 e. The van der Waals surface area contributed by atoms with Crippen molar-refractivity contribution >= 4 is 49.9 Å². The van der Waals surface area contributed by atoms with E-state index in [4.69, 9.17) is 0 Å². The fourth-order valence-corrected chi connectivity index (χ4v) is 3.92. The van der Waals surface area contributed by atoms with Gasteiger partial charge in [0.25, 0.3) is 5.91 Å². The van der Waals surface area contributed by atoms with Crippen molar-refractivity contribution < 1.29 is 14.7 Å². The third kappa shape index (κ3) is 3.96. The molecule has 0 saturated carbocycles. The van der Waals surface area contributed by atoms with E-state index in [1.54, 1.807) is 6.07 Å². The summed E-state index contributed by atoms with van der Waals surface area (Å²) in [6, 6.07) is 12.6. The van der Waals surface area contributed by atoms with E-state index in [9.17, 15) is 14.7 Å². The first-order chi connectivity index (χ1) is 12.5. The van der Waals surface area contributed by atoms with Gasteiger partial charge in [0.2, 0.25) is 5.91 Å². The average molecular weight is 481 g/mol. The number of nitrogens with zero attached hydrogens (tertiary/aromatic N) is 1. The summed E-state index contributed by atoms with van der Waals surface area (Å²) in [5.74, 6) is -1.80. The van der Waals surface area contributed by atoms with Crippen LogP contribution in [0.4, 0.5) is 0 Å². The summed E-state index contributed by atoms with van der Waals surface area (Å²) in [7, 11) is 0. The minimum absolute atomic E-state index is 0.0558. The van der Waals surface area contributed by atoms with Crippen LogP contribution in [0.5, 0.6) is 5.75 Å². The second-order valence-corrected chi connectivity index (χ2v) is 7.51. The summed E-state index contributed by atoms with van der Waals surface area (Å²) >= 11 is 6.57. The molecule has 2 unspecified atom stereocenters. The molecule has 1 aliphatic heterocycles. The van der Waals surface area contributed by atoms with Gasteiger partial charge in [-0.25, -0.2) is 5.43 Å². The van der Waals surface area contributed by atoms with Gasteiger partial charge in [-0.05, 0) is 33.6 Å². The first-order valence-corrected chi connectivity index (χ1v) is 9.39. The van der Waals surface area contributed by atoms with E-state index in [2.05, 4.69) is 47.7 Å². The summed E-state index contributed by atoms with van der Waals surface area (Å²) in [6.45, 7) is 0.413. The first kappa shape index (κ1) is 18.6. The second kappa shape index (κ2) is 8.01. The highest BCUT2D eigenvalue weighted by Crippen LogP contribution is 2.30. The number of hydrazone groups is 1. The van der Waals surface area contributed by atoms with Crippen LogP contribution in [0.2, 0.25) is 0 Å². The zero-order valence-electron chi connectivity index (χ0n) is 13.4. The molecule has 0 bridgehead atoms. The van der Waals surface area contributed by atoms with Crippen LogP contribution >= 0.6 is 31.9 Å². The van der Waals surface area contributed by atoms with Crippen LogP contribution in [0.1, 0.15) is 17.0 Å². The van der Waals surface area contributed by atoms with Crippen LogP contribution in [-0.4, -0.2) is 29.7 Å². The van der Waals surface area contributed by atoms with Crippen molar-refractivity contribution in [3.8, 4) is 5.75 Å². The molecular weight excluding hydrogens is 466 g/mol. The van der Waals surface area contributed by atoms with Crippen molar-refractivity contribution in [1.29, 1.82) is 0 Å². The van der Waals surface area contributed by atoms with Crippen LogP contribution in [-0.2, 0) is 9.59 Å². The molecule has 2 atom stereocenters. The Morgan fingerprint density at radius 2 is 1.96 bits per heavy atom. The lowest BCUT2D eigenvalue weighted by Gasteiger charge is -2.15. The van der Waals surface area contributed by atoms with Crippen molar-refractivity contribution in [2.45, 2.75) is 5.92 Å². The van der Waals surface area contributed by atoms with Crippen molar-refractivity contribution in [3.63, 3.8) is 0 Å². The summed E-state index contributed by atoms with van der Waals surface area (Å²) in [5.41, 5.74) is 3.93. The van der Waals surface area contributed by atoms with E-state index in [0.29, 0.717) is 21.1 Å². The van der Waals surface area contributed by atoms with Gasteiger partial charge in [0.05, 0.1) is 10.7 Å². The Morgan fingerprint density at radius 1 is 1.23 bits per heavy atom. The number of hydrogen-bond donors (Lipinski definition) is 3. The average Bonchev–Trinajstić information content (AvgIpc) is 3.01. The van der Waals surface area contributed by atoms with Gasteiger partial charge in [-0.15, -0.1) is 0 Å². The molecule has 134 valence electrons. The number of rotatable bonds is 4. The van der Waals surface area contributed by atoms with Gasteiger partial charge in [0.15, 0.2) is 0 Å². The molecule has 6 nitrogen and oxygen atoms in total. The van der Waals surface area contributed by atoms with Gasteiger partial charge in [-0.3, -0.25) is 9.59 Å². The number of carbonyl (C=O) groups excluding carboxylic acids is 2. The number of phenols is 1. The van der Waals surface area contributed by atoms with E-state index in [-0.39, 0.29) is 17.6 Å². The largest absolute Gasteiger partial charge is 0.507 e. The van der Waals surface area contributed by atoms with E-state index < -0.39 is 11.8 Å². The smallest absolute Gasteiger partial charge is 0.253 e. The molecule has 1 heterocycles. The number of phenolic OH excluding ortho intramolecular Hbond substituents is 1. The third-order valence-electron chi connectivity index (χ3n) is 4.14. The van der Waals surface area contributed by atoms with E-state index >= 15 is 0 Å². The number of nitrogens with one attached hydrogen (secondary N) is 2. The molecule has 1 aliphatic rings. The molecule has 2 aromatic rings. The Kier molecular flexibility index (Phi) is 5.73. The van der Waals surface area contributed by atoms with Gasteiger partial charge in [-0.2, -0.15) is 5.10 Å². The highest BCUT2D eigenvalue weighted by atomic mass is 79.9. The molecule has 2 amide bonds. The SMILES string of the molecule is O=C1NCC(c2ccccc2)C1C(=O)N/N=C\c1cc(O)c(Br)cc1Br. The Balaban J connectivity index is 1.73. The Hall–Kier alpha value is -2.19. The number of amides is 2. The van der Waals surface area contributed by atoms with Crippen molar-refractivity contribution in [2.75, 3.05) is 6.54 Å². The molecule has 3 N–H and O–H groups in total. The maximum absolute atomic E-state index is 12.5. The zero-order chi connectivity index (χ0) is 18.7. The number of aromatic hydroxyl groups is 1. The predicted molar refractivity (Wildman–Crippen MR) is 105 cm³/mol. The van der Waals surface area contributed by atoms with Gasteiger partial charge in [0.1, 0.15) is 11.7 Å². The van der Waals surface area contributed by atoms with Crippen LogP contribution in [0.3, 0.4) is 0 Å². The van der Waals surface area contributed by atoms with Gasteiger partial charge >= 0.3 is 0 Å². The lowest BCUT2D eigenvalue weighted by molar-refractivity contribution is -0.133. The molecule has 0 aromatic heterocycles. The van der Waals surface area contributed by atoms with Crippen molar-refractivity contribution in [2.24, 2.45) is 11.0 Å². The van der Waals surface area contributed by atoms with E-state index in [0.717, 1.165) is 5.56 Å². The molecule has 8 heteroatoms. The Labute approximate surface area is 166 Å². The lowest BCUT2D eigenvalue weighted by Crippen LogP contribution is -2.34. The second-order valence-electron chi connectivity index (χ2n) is 5.80. The maximum atomic E-state index is 12.5. The maximum Gasteiger partial charge on any atom is 0.253 e. The molecular formula is C18H15Br2N3O3. The van der Waals surface area contributed by atoms with Crippen LogP contribution in [0, 0.1) is 5.92 Å². The quantitative estimate of drug-likeness (QED) is 0.357. The minimum atomic E-state index is -0.837. The molecule has 26 heavy (non-hydrogen) atoms. The normalized spacial score (nSPS) is 19.5.